The number of hydrogen-bond donors (Lipinski definition) is 2. The Morgan fingerprint density at radius 2 is 2.05 bits per heavy atom. The molecule has 0 bridgehead atoms. The Balaban J connectivity index is 2.38. The van der Waals surface area contributed by atoms with Crippen molar-refractivity contribution in [1.82, 2.24) is 5.32 Å². The van der Waals surface area contributed by atoms with Gasteiger partial charge in [-0.05, 0) is 12.1 Å². The number of halogens is 1. The van der Waals surface area contributed by atoms with E-state index in [1.54, 1.807) is 24.3 Å². The molecule has 2 amide bonds. The maximum Gasteiger partial charge on any atom is 0.252 e. The number of ether oxygens (including phenoxy) is 1. The summed E-state index contributed by atoms with van der Waals surface area (Å²) in [5, 5.41) is 2.59. The first kappa shape index (κ1) is 15.9. The molecule has 0 atom stereocenters. The lowest BCUT2D eigenvalue weighted by molar-refractivity contribution is -0.120. The Morgan fingerprint density at radius 3 is 2.75 bits per heavy atom. The molecule has 0 saturated heterocycles. The number of carbonyl (C=O) groups excluding carboxylic acids is 2. The fourth-order valence-corrected chi connectivity index (χ4v) is 1.51. The molecule has 5 nitrogen and oxygen atoms in total. The molecule has 0 aliphatic rings. The molecule has 0 aliphatic heterocycles. The third kappa shape index (κ3) is 5.63. The minimum absolute atomic E-state index is 0.107. The van der Waals surface area contributed by atoms with Crippen LogP contribution in [0.4, 0.5) is 0 Å². The van der Waals surface area contributed by atoms with Crippen molar-refractivity contribution in [3.8, 4) is 17.6 Å². The molecule has 20 heavy (non-hydrogen) atoms. The quantitative estimate of drug-likeness (QED) is 0.604. The predicted octanol–water partition coefficient (Wildman–Crippen LogP) is 0.913. The molecule has 106 valence electrons. The first-order chi connectivity index (χ1) is 9.65. The molecule has 0 spiro atoms. The van der Waals surface area contributed by atoms with Gasteiger partial charge in [-0.3, -0.25) is 9.59 Å². The molecule has 0 heterocycles. The van der Waals surface area contributed by atoms with Crippen molar-refractivity contribution in [1.29, 1.82) is 0 Å². The average molecular weight is 295 g/mol. The van der Waals surface area contributed by atoms with Crippen molar-refractivity contribution in [2.45, 2.75) is 6.42 Å². The van der Waals surface area contributed by atoms with Gasteiger partial charge in [-0.1, -0.05) is 24.0 Å². The summed E-state index contributed by atoms with van der Waals surface area (Å²) in [5.41, 5.74) is 5.52. The summed E-state index contributed by atoms with van der Waals surface area (Å²) >= 11 is 5.41. The third-order valence-corrected chi connectivity index (χ3v) is 2.46. The van der Waals surface area contributed by atoms with Crippen LogP contribution in [0.5, 0.6) is 5.75 Å². The molecule has 1 aromatic rings. The monoisotopic (exact) mass is 294 g/mol. The number of benzene rings is 1. The minimum atomic E-state index is -0.554. The van der Waals surface area contributed by atoms with Crippen LogP contribution in [0.2, 0.25) is 0 Å². The van der Waals surface area contributed by atoms with Crippen LogP contribution in [-0.4, -0.2) is 30.8 Å². The zero-order valence-electron chi connectivity index (χ0n) is 10.8. The molecule has 6 heteroatoms. The van der Waals surface area contributed by atoms with Gasteiger partial charge in [0.1, 0.15) is 12.4 Å². The van der Waals surface area contributed by atoms with Crippen molar-refractivity contribution in [3.05, 3.63) is 29.8 Å². The number of para-hydroxylation sites is 1. The highest BCUT2D eigenvalue weighted by atomic mass is 35.5. The normalized spacial score (nSPS) is 9.25. The van der Waals surface area contributed by atoms with Gasteiger partial charge < -0.3 is 15.8 Å². The summed E-state index contributed by atoms with van der Waals surface area (Å²) < 4.78 is 5.34. The van der Waals surface area contributed by atoms with Gasteiger partial charge in [0.05, 0.1) is 12.1 Å². The second-order valence-corrected chi connectivity index (χ2v) is 4.10. The van der Waals surface area contributed by atoms with E-state index in [0.29, 0.717) is 11.3 Å². The molecule has 1 aromatic carbocycles. The van der Waals surface area contributed by atoms with Crippen LogP contribution >= 0.6 is 11.6 Å². The van der Waals surface area contributed by atoms with Crippen molar-refractivity contribution in [3.63, 3.8) is 0 Å². The standard InChI is InChI=1S/C14H15ClN2O3/c15-8-7-13(18)17-9-3-4-10-20-12-6-2-1-5-11(12)14(16)19/h1-2,5-6H,7-10H2,(H2,16,19)(H,17,18). The van der Waals surface area contributed by atoms with Crippen LogP contribution in [0.15, 0.2) is 24.3 Å². The number of nitrogens with one attached hydrogen (secondary N) is 1. The Bertz CT molecular complexity index is 535. The Hall–Kier alpha value is -2.19. The molecule has 0 unspecified atom stereocenters. The second kappa shape index (κ2) is 8.83. The van der Waals surface area contributed by atoms with Gasteiger partial charge in [0.15, 0.2) is 0 Å². The summed E-state index contributed by atoms with van der Waals surface area (Å²) in [6.45, 7) is 0.340. The van der Waals surface area contributed by atoms with Gasteiger partial charge in [0, 0.05) is 12.3 Å². The highest BCUT2D eigenvalue weighted by molar-refractivity contribution is 6.18. The van der Waals surface area contributed by atoms with Crippen LogP contribution in [0.1, 0.15) is 16.8 Å². The van der Waals surface area contributed by atoms with Crippen molar-refractivity contribution in [2.24, 2.45) is 5.73 Å². The van der Waals surface area contributed by atoms with Gasteiger partial charge >= 0.3 is 0 Å². The zero-order valence-corrected chi connectivity index (χ0v) is 11.6. The number of primary amides is 1. The fourth-order valence-electron chi connectivity index (χ4n) is 1.34. The minimum Gasteiger partial charge on any atom is -0.480 e. The van der Waals surface area contributed by atoms with Crippen LogP contribution in [0, 0.1) is 11.8 Å². The highest BCUT2D eigenvalue weighted by Crippen LogP contribution is 2.16. The SMILES string of the molecule is NC(=O)c1ccccc1OCC#CCNC(=O)CCCl. The van der Waals surface area contributed by atoms with Gasteiger partial charge in [-0.2, -0.15) is 0 Å². The largest absolute Gasteiger partial charge is 0.480 e. The topological polar surface area (TPSA) is 81.4 Å². The smallest absolute Gasteiger partial charge is 0.252 e. The number of amides is 2. The maximum absolute atomic E-state index is 11.1. The molecule has 0 saturated carbocycles. The van der Waals surface area contributed by atoms with Crippen molar-refractivity contribution in [2.75, 3.05) is 19.0 Å². The predicted molar refractivity (Wildman–Crippen MR) is 76.6 cm³/mol. The summed E-state index contributed by atoms with van der Waals surface area (Å²) in [6.07, 6.45) is 0.270. The van der Waals surface area contributed by atoms with E-state index >= 15 is 0 Å². The van der Waals surface area contributed by atoms with Crippen LogP contribution in [-0.2, 0) is 4.79 Å². The zero-order chi connectivity index (χ0) is 14.8. The molecule has 0 aliphatic carbocycles. The molecule has 3 N–H and O–H groups in total. The van der Waals surface area contributed by atoms with Gasteiger partial charge in [-0.25, -0.2) is 0 Å². The van der Waals surface area contributed by atoms with E-state index < -0.39 is 5.91 Å². The molecule has 1 rings (SSSR count). The lowest BCUT2D eigenvalue weighted by Crippen LogP contribution is -2.23. The van der Waals surface area contributed by atoms with E-state index in [4.69, 9.17) is 22.1 Å². The number of nitrogens with two attached hydrogens (primary N) is 1. The molecule has 0 radical (unpaired) electrons. The number of alkyl halides is 1. The van der Waals surface area contributed by atoms with E-state index in [1.807, 2.05) is 0 Å². The summed E-state index contributed by atoms with van der Waals surface area (Å²) in [7, 11) is 0. The Kier molecular flexibility index (Phi) is 7.01. The van der Waals surface area contributed by atoms with E-state index in [2.05, 4.69) is 17.2 Å². The van der Waals surface area contributed by atoms with Crippen molar-refractivity contribution >= 4 is 23.4 Å². The maximum atomic E-state index is 11.1. The molecular weight excluding hydrogens is 280 g/mol. The first-order valence-electron chi connectivity index (χ1n) is 5.95. The Labute approximate surface area is 122 Å². The number of hydrogen-bond acceptors (Lipinski definition) is 3. The van der Waals surface area contributed by atoms with Crippen LogP contribution in [0.25, 0.3) is 0 Å². The lowest BCUT2D eigenvalue weighted by atomic mass is 10.2. The summed E-state index contributed by atoms with van der Waals surface area (Å²) in [6, 6.07) is 6.66. The van der Waals surface area contributed by atoms with Gasteiger partial charge in [0.25, 0.3) is 5.91 Å². The van der Waals surface area contributed by atoms with Crippen LogP contribution in [0.3, 0.4) is 0 Å². The van der Waals surface area contributed by atoms with Crippen molar-refractivity contribution < 1.29 is 14.3 Å². The molecule has 0 aromatic heterocycles. The third-order valence-electron chi connectivity index (χ3n) is 2.27. The van der Waals surface area contributed by atoms with Crippen LogP contribution < -0.4 is 15.8 Å². The van der Waals surface area contributed by atoms with Gasteiger partial charge in [0.2, 0.25) is 5.91 Å². The van der Waals surface area contributed by atoms with E-state index in [1.165, 1.54) is 0 Å². The van der Waals surface area contributed by atoms with E-state index in [-0.39, 0.29) is 31.4 Å². The molecular formula is C14H15ClN2O3. The average Bonchev–Trinajstić information content (AvgIpc) is 2.43. The highest BCUT2D eigenvalue weighted by Gasteiger charge is 2.06. The number of rotatable bonds is 6. The lowest BCUT2D eigenvalue weighted by Gasteiger charge is -2.05. The molecule has 0 fully saturated rings. The van der Waals surface area contributed by atoms with E-state index in [9.17, 15) is 9.59 Å². The summed E-state index contributed by atoms with van der Waals surface area (Å²) in [4.78, 5) is 22.2. The van der Waals surface area contributed by atoms with E-state index in [0.717, 1.165) is 0 Å². The second-order valence-electron chi connectivity index (χ2n) is 3.72. The first-order valence-corrected chi connectivity index (χ1v) is 6.48. The number of carbonyl (C=O) groups is 2. The summed E-state index contributed by atoms with van der Waals surface area (Å²) in [5.74, 6) is 5.43. The van der Waals surface area contributed by atoms with Gasteiger partial charge in [-0.15, -0.1) is 11.6 Å². The Morgan fingerprint density at radius 1 is 1.30 bits per heavy atom. The fraction of sp³-hybridized carbons (Fsp3) is 0.286.